The zero-order chi connectivity index (χ0) is 11.8. The minimum absolute atomic E-state index is 0.0826. The molecular formula is C12H21NO3. The van der Waals surface area contributed by atoms with Crippen molar-refractivity contribution in [1.29, 1.82) is 0 Å². The van der Waals surface area contributed by atoms with E-state index in [1.807, 2.05) is 18.7 Å². The second-order valence-electron chi connectivity index (χ2n) is 5.23. The molecule has 2 rings (SSSR count). The highest BCUT2D eigenvalue weighted by Crippen LogP contribution is 2.35. The Bertz CT molecular complexity index is 271. The van der Waals surface area contributed by atoms with Crippen LogP contribution in [0.4, 0.5) is 0 Å². The van der Waals surface area contributed by atoms with E-state index in [1.165, 1.54) is 0 Å². The third kappa shape index (κ3) is 2.09. The molecular weight excluding hydrogens is 206 g/mol. The molecule has 0 N–H and O–H groups in total. The van der Waals surface area contributed by atoms with E-state index < -0.39 is 0 Å². The van der Waals surface area contributed by atoms with Gasteiger partial charge in [-0.1, -0.05) is 13.8 Å². The van der Waals surface area contributed by atoms with Crippen molar-refractivity contribution >= 4 is 5.91 Å². The number of amides is 1. The number of carbonyl (C=O) groups excluding carboxylic acids is 1. The molecule has 4 nitrogen and oxygen atoms in total. The van der Waals surface area contributed by atoms with Gasteiger partial charge in [-0.3, -0.25) is 4.79 Å². The first-order valence-electron chi connectivity index (χ1n) is 6.02. The van der Waals surface area contributed by atoms with E-state index in [4.69, 9.17) is 9.47 Å². The van der Waals surface area contributed by atoms with Gasteiger partial charge in [-0.15, -0.1) is 0 Å². The molecule has 2 aliphatic heterocycles. The fourth-order valence-electron chi connectivity index (χ4n) is 2.57. The number of carbonyl (C=O) groups is 1. The number of ether oxygens (including phenoxy) is 2. The summed E-state index contributed by atoms with van der Waals surface area (Å²) in [5.74, 6) is 0.313. The van der Waals surface area contributed by atoms with E-state index in [-0.39, 0.29) is 17.4 Å². The molecule has 4 heteroatoms. The summed E-state index contributed by atoms with van der Waals surface area (Å²) >= 11 is 0. The normalized spacial score (nSPS) is 28.2. The number of methoxy groups -OCH3 is 1. The average Bonchev–Trinajstić information content (AvgIpc) is 2.24. The lowest BCUT2D eigenvalue weighted by Gasteiger charge is -2.53. The molecule has 1 amide bonds. The van der Waals surface area contributed by atoms with E-state index in [0.29, 0.717) is 6.10 Å². The van der Waals surface area contributed by atoms with Crippen LogP contribution in [0.1, 0.15) is 26.7 Å². The Morgan fingerprint density at radius 1 is 1.50 bits per heavy atom. The molecule has 2 aliphatic rings. The first-order chi connectivity index (χ1) is 7.56. The predicted molar refractivity (Wildman–Crippen MR) is 60.1 cm³/mol. The summed E-state index contributed by atoms with van der Waals surface area (Å²) in [7, 11) is 1.75. The van der Waals surface area contributed by atoms with E-state index in [1.54, 1.807) is 7.11 Å². The summed E-state index contributed by atoms with van der Waals surface area (Å²) < 4.78 is 11.2. The van der Waals surface area contributed by atoms with Gasteiger partial charge in [0.25, 0.3) is 0 Å². The smallest absolute Gasteiger partial charge is 0.225 e. The standard InChI is InChI=1S/C12H21NO3/c1-9(2)11(14)13-7-12(8-13)6-10(15-3)4-5-16-12/h9-10H,4-8H2,1-3H3. The summed E-state index contributed by atoms with van der Waals surface area (Å²) in [6, 6.07) is 0. The molecule has 1 spiro atoms. The fourth-order valence-corrected chi connectivity index (χ4v) is 2.57. The van der Waals surface area contributed by atoms with Crippen LogP contribution in [0.15, 0.2) is 0 Å². The number of hydrogen-bond acceptors (Lipinski definition) is 3. The Hall–Kier alpha value is -0.610. The lowest BCUT2D eigenvalue weighted by molar-refractivity contribution is -0.200. The zero-order valence-electron chi connectivity index (χ0n) is 10.4. The van der Waals surface area contributed by atoms with Crippen molar-refractivity contribution in [3.05, 3.63) is 0 Å². The Morgan fingerprint density at radius 2 is 2.19 bits per heavy atom. The van der Waals surface area contributed by atoms with E-state index >= 15 is 0 Å². The summed E-state index contributed by atoms with van der Waals surface area (Å²) in [5.41, 5.74) is -0.108. The largest absolute Gasteiger partial charge is 0.381 e. The maximum Gasteiger partial charge on any atom is 0.225 e. The Morgan fingerprint density at radius 3 is 2.75 bits per heavy atom. The molecule has 0 aromatic rings. The van der Waals surface area contributed by atoms with Crippen molar-refractivity contribution in [2.75, 3.05) is 26.8 Å². The summed E-state index contributed by atoms with van der Waals surface area (Å²) in [5, 5.41) is 0. The number of nitrogens with zero attached hydrogens (tertiary/aromatic N) is 1. The lowest BCUT2D eigenvalue weighted by Crippen LogP contribution is -2.67. The van der Waals surface area contributed by atoms with Crippen LogP contribution in [0.5, 0.6) is 0 Å². The van der Waals surface area contributed by atoms with Crippen LogP contribution in [0, 0.1) is 5.92 Å². The van der Waals surface area contributed by atoms with Gasteiger partial charge in [0.05, 0.1) is 19.2 Å². The minimum atomic E-state index is -0.108. The van der Waals surface area contributed by atoms with E-state index in [0.717, 1.165) is 32.5 Å². The third-order valence-electron chi connectivity index (χ3n) is 3.54. The summed E-state index contributed by atoms with van der Waals surface area (Å²) in [6.45, 7) is 6.11. The minimum Gasteiger partial charge on any atom is -0.381 e. The number of rotatable bonds is 2. The van der Waals surface area contributed by atoms with E-state index in [2.05, 4.69) is 0 Å². The predicted octanol–water partition coefficient (Wildman–Crippen LogP) is 1.05. The molecule has 0 radical (unpaired) electrons. The molecule has 16 heavy (non-hydrogen) atoms. The van der Waals surface area contributed by atoms with Crippen LogP contribution in [-0.2, 0) is 14.3 Å². The van der Waals surface area contributed by atoms with Gasteiger partial charge in [-0.05, 0) is 6.42 Å². The Labute approximate surface area is 96.9 Å². The van der Waals surface area contributed by atoms with Crippen LogP contribution in [0.3, 0.4) is 0 Å². The Kier molecular flexibility index (Phi) is 3.22. The van der Waals surface area contributed by atoms with Crippen molar-refractivity contribution < 1.29 is 14.3 Å². The highest BCUT2D eigenvalue weighted by atomic mass is 16.5. The second-order valence-corrected chi connectivity index (χ2v) is 5.23. The number of hydrogen-bond donors (Lipinski definition) is 0. The number of likely N-dealkylation sites (tertiary alicyclic amines) is 1. The van der Waals surface area contributed by atoms with Crippen molar-refractivity contribution in [2.45, 2.75) is 38.4 Å². The monoisotopic (exact) mass is 227 g/mol. The molecule has 0 aromatic heterocycles. The van der Waals surface area contributed by atoms with Crippen LogP contribution >= 0.6 is 0 Å². The quantitative estimate of drug-likeness (QED) is 0.707. The molecule has 0 bridgehead atoms. The average molecular weight is 227 g/mol. The van der Waals surface area contributed by atoms with Gasteiger partial charge < -0.3 is 14.4 Å². The van der Waals surface area contributed by atoms with Gasteiger partial charge in [-0.2, -0.15) is 0 Å². The van der Waals surface area contributed by atoms with Crippen molar-refractivity contribution in [3.8, 4) is 0 Å². The highest BCUT2D eigenvalue weighted by Gasteiger charge is 2.49. The maximum absolute atomic E-state index is 11.7. The van der Waals surface area contributed by atoms with Crippen molar-refractivity contribution in [2.24, 2.45) is 5.92 Å². The molecule has 0 aromatic carbocycles. The topological polar surface area (TPSA) is 38.8 Å². The van der Waals surface area contributed by atoms with Crippen LogP contribution in [0.2, 0.25) is 0 Å². The van der Waals surface area contributed by atoms with Crippen molar-refractivity contribution in [3.63, 3.8) is 0 Å². The summed E-state index contributed by atoms with van der Waals surface area (Å²) in [4.78, 5) is 13.6. The molecule has 2 heterocycles. The molecule has 1 atom stereocenters. The van der Waals surface area contributed by atoms with Crippen LogP contribution in [-0.4, -0.2) is 49.3 Å². The van der Waals surface area contributed by atoms with Gasteiger partial charge in [0.1, 0.15) is 5.60 Å². The first-order valence-corrected chi connectivity index (χ1v) is 6.02. The van der Waals surface area contributed by atoms with E-state index in [9.17, 15) is 4.79 Å². The van der Waals surface area contributed by atoms with Gasteiger partial charge in [0.2, 0.25) is 5.91 Å². The van der Waals surface area contributed by atoms with Gasteiger partial charge in [0, 0.05) is 26.1 Å². The van der Waals surface area contributed by atoms with Crippen LogP contribution < -0.4 is 0 Å². The van der Waals surface area contributed by atoms with Gasteiger partial charge in [-0.25, -0.2) is 0 Å². The second kappa shape index (κ2) is 4.34. The fraction of sp³-hybridized carbons (Fsp3) is 0.917. The molecule has 0 aliphatic carbocycles. The SMILES string of the molecule is COC1CCOC2(C1)CN(C(=O)C(C)C)C2. The first kappa shape index (κ1) is 11.9. The van der Waals surface area contributed by atoms with Crippen LogP contribution in [0.25, 0.3) is 0 Å². The van der Waals surface area contributed by atoms with Gasteiger partial charge in [0.15, 0.2) is 0 Å². The summed E-state index contributed by atoms with van der Waals surface area (Å²) in [6.07, 6.45) is 2.19. The zero-order valence-corrected chi connectivity index (χ0v) is 10.4. The molecule has 2 fully saturated rings. The van der Waals surface area contributed by atoms with Gasteiger partial charge >= 0.3 is 0 Å². The highest BCUT2D eigenvalue weighted by molar-refractivity contribution is 5.79. The van der Waals surface area contributed by atoms with Crippen molar-refractivity contribution in [1.82, 2.24) is 4.90 Å². The molecule has 0 saturated carbocycles. The third-order valence-corrected chi connectivity index (χ3v) is 3.54. The Balaban J connectivity index is 1.88. The maximum atomic E-state index is 11.7. The lowest BCUT2D eigenvalue weighted by atomic mass is 9.84. The molecule has 1 unspecified atom stereocenters. The molecule has 2 saturated heterocycles. The molecule has 92 valence electrons.